The molecule has 0 fully saturated rings. The van der Waals surface area contributed by atoms with E-state index in [4.69, 9.17) is 23.2 Å². The van der Waals surface area contributed by atoms with E-state index < -0.39 is 10.0 Å². The van der Waals surface area contributed by atoms with Gasteiger partial charge in [-0.25, -0.2) is 8.42 Å². The highest BCUT2D eigenvalue weighted by atomic mass is 35.5. The van der Waals surface area contributed by atoms with Crippen molar-refractivity contribution in [2.24, 2.45) is 0 Å². The average Bonchev–Trinajstić information content (AvgIpc) is 2.38. The largest absolute Gasteiger partial charge is 0.388 e. The van der Waals surface area contributed by atoms with Crippen molar-refractivity contribution in [3.8, 4) is 0 Å². The molecule has 7 heteroatoms. The zero-order chi connectivity index (χ0) is 14.8. The molecular weight excluding hydrogens is 319 g/mol. The van der Waals surface area contributed by atoms with E-state index in [1.165, 1.54) is 18.2 Å². The zero-order valence-electron chi connectivity index (χ0n) is 10.5. The van der Waals surface area contributed by atoms with Gasteiger partial charge in [0.25, 0.3) is 10.0 Å². The highest BCUT2D eigenvalue weighted by Crippen LogP contribution is 2.24. The predicted molar refractivity (Wildman–Crippen MR) is 83.3 cm³/mol. The minimum atomic E-state index is -3.72. The first-order valence-corrected chi connectivity index (χ1v) is 7.91. The summed E-state index contributed by atoms with van der Waals surface area (Å²) < 4.78 is 26.9. The van der Waals surface area contributed by atoms with Gasteiger partial charge in [-0.3, -0.25) is 4.72 Å². The molecule has 2 aromatic carbocycles. The van der Waals surface area contributed by atoms with Gasteiger partial charge in [-0.1, -0.05) is 23.2 Å². The molecule has 0 heterocycles. The lowest BCUT2D eigenvalue weighted by molar-refractivity contribution is 0.601. The van der Waals surface area contributed by atoms with E-state index in [1.807, 2.05) is 0 Å². The summed E-state index contributed by atoms with van der Waals surface area (Å²) in [7, 11) is -1.93. The number of nitrogens with one attached hydrogen (secondary N) is 2. The number of hydrogen-bond donors (Lipinski definition) is 2. The van der Waals surface area contributed by atoms with E-state index in [-0.39, 0.29) is 14.9 Å². The first-order valence-electron chi connectivity index (χ1n) is 5.67. The maximum atomic E-state index is 12.2. The summed E-state index contributed by atoms with van der Waals surface area (Å²) in [5, 5.41) is 3.49. The van der Waals surface area contributed by atoms with Crippen molar-refractivity contribution in [2.45, 2.75) is 4.90 Å². The summed E-state index contributed by atoms with van der Waals surface area (Å²) in [5.41, 5.74) is 1.35. The second kappa shape index (κ2) is 5.91. The Morgan fingerprint density at radius 3 is 1.90 bits per heavy atom. The van der Waals surface area contributed by atoms with Crippen LogP contribution in [0, 0.1) is 0 Å². The zero-order valence-corrected chi connectivity index (χ0v) is 12.9. The Hall–Kier alpha value is -1.43. The van der Waals surface area contributed by atoms with Crippen LogP contribution in [0.5, 0.6) is 0 Å². The number of anilines is 2. The number of sulfonamides is 1. The summed E-state index contributed by atoms with van der Waals surface area (Å²) in [5.74, 6) is 0. The number of hydrogen-bond acceptors (Lipinski definition) is 3. The maximum absolute atomic E-state index is 12.2. The highest BCUT2D eigenvalue weighted by Gasteiger charge is 2.15. The van der Waals surface area contributed by atoms with Gasteiger partial charge in [-0.15, -0.1) is 0 Å². The normalized spacial score (nSPS) is 11.2. The van der Waals surface area contributed by atoms with Crippen LogP contribution in [0.4, 0.5) is 11.4 Å². The molecule has 4 nitrogen and oxygen atoms in total. The van der Waals surface area contributed by atoms with E-state index in [1.54, 1.807) is 31.3 Å². The van der Waals surface area contributed by atoms with Crippen LogP contribution in [-0.4, -0.2) is 15.5 Å². The molecule has 0 radical (unpaired) electrons. The second-order valence-electron chi connectivity index (χ2n) is 4.04. The Labute approximate surface area is 127 Å². The van der Waals surface area contributed by atoms with Gasteiger partial charge >= 0.3 is 0 Å². The predicted octanol–water partition coefficient (Wildman–Crippen LogP) is 3.84. The third-order valence-electron chi connectivity index (χ3n) is 2.57. The van der Waals surface area contributed by atoms with E-state index >= 15 is 0 Å². The average molecular weight is 331 g/mol. The molecule has 0 aliphatic carbocycles. The van der Waals surface area contributed by atoms with Crippen molar-refractivity contribution in [1.82, 2.24) is 0 Å². The molecule has 20 heavy (non-hydrogen) atoms. The molecule has 0 atom stereocenters. The van der Waals surface area contributed by atoms with Gasteiger partial charge in [0.05, 0.1) is 4.90 Å². The highest BCUT2D eigenvalue weighted by molar-refractivity contribution is 7.92. The topological polar surface area (TPSA) is 58.2 Å². The summed E-state index contributed by atoms with van der Waals surface area (Å²) in [6, 6.07) is 11.0. The third kappa shape index (κ3) is 3.56. The fourth-order valence-electron chi connectivity index (χ4n) is 1.60. The lowest BCUT2D eigenvalue weighted by Crippen LogP contribution is -2.12. The van der Waals surface area contributed by atoms with E-state index in [0.717, 1.165) is 5.69 Å². The van der Waals surface area contributed by atoms with Crippen LogP contribution in [-0.2, 0) is 10.0 Å². The molecule has 0 spiro atoms. The van der Waals surface area contributed by atoms with Gasteiger partial charge in [-0.05, 0) is 42.5 Å². The van der Waals surface area contributed by atoms with Crippen LogP contribution in [0.2, 0.25) is 10.0 Å². The van der Waals surface area contributed by atoms with E-state index in [0.29, 0.717) is 5.69 Å². The first-order chi connectivity index (χ1) is 9.40. The second-order valence-corrected chi connectivity index (χ2v) is 6.59. The van der Waals surface area contributed by atoms with E-state index in [2.05, 4.69) is 10.0 Å². The minimum absolute atomic E-state index is 0.0210. The molecule has 0 unspecified atom stereocenters. The standard InChI is InChI=1S/C13H12Cl2N2O2S/c1-16-11-2-4-12(5-3-11)17-20(18,19)13-7-9(14)6-10(15)8-13/h2-8,16-17H,1H3. The Morgan fingerprint density at radius 2 is 1.40 bits per heavy atom. The molecule has 0 aromatic heterocycles. The first kappa shape index (κ1) is 15.0. The Kier molecular flexibility index (Phi) is 4.42. The fourth-order valence-corrected chi connectivity index (χ4v) is 3.39. The molecule has 2 aromatic rings. The molecule has 0 amide bonds. The molecule has 0 saturated heterocycles. The molecule has 0 saturated carbocycles. The molecule has 2 N–H and O–H groups in total. The van der Waals surface area contributed by atoms with Crippen LogP contribution in [0.3, 0.4) is 0 Å². The van der Waals surface area contributed by atoms with Crippen LogP contribution in [0.15, 0.2) is 47.4 Å². The van der Waals surface area contributed by atoms with Gasteiger partial charge in [0.1, 0.15) is 0 Å². The van der Waals surface area contributed by atoms with E-state index in [9.17, 15) is 8.42 Å². The maximum Gasteiger partial charge on any atom is 0.261 e. The van der Waals surface area contributed by atoms with Crippen LogP contribution >= 0.6 is 23.2 Å². The summed E-state index contributed by atoms with van der Waals surface area (Å²) in [6.45, 7) is 0. The number of rotatable bonds is 4. The Morgan fingerprint density at radius 1 is 0.900 bits per heavy atom. The van der Waals surface area contributed by atoms with Gasteiger partial charge in [0, 0.05) is 28.5 Å². The molecule has 106 valence electrons. The fraction of sp³-hybridized carbons (Fsp3) is 0.0769. The van der Waals surface area contributed by atoms with Crippen molar-refractivity contribution < 1.29 is 8.42 Å². The molecule has 2 rings (SSSR count). The lowest BCUT2D eigenvalue weighted by Gasteiger charge is -2.09. The molecular formula is C13H12Cl2N2O2S. The quantitative estimate of drug-likeness (QED) is 0.895. The van der Waals surface area contributed by atoms with Crippen LogP contribution < -0.4 is 10.0 Å². The van der Waals surface area contributed by atoms with Gasteiger partial charge in [0.2, 0.25) is 0 Å². The van der Waals surface area contributed by atoms with Crippen molar-refractivity contribution in [3.63, 3.8) is 0 Å². The minimum Gasteiger partial charge on any atom is -0.388 e. The van der Waals surface area contributed by atoms with Gasteiger partial charge < -0.3 is 5.32 Å². The summed E-state index contributed by atoms with van der Waals surface area (Å²) in [6.07, 6.45) is 0. The van der Waals surface area contributed by atoms with Crippen molar-refractivity contribution in [3.05, 3.63) is 52.5 Å². The summed E-state index contributed by atoms with van der Waals surface area (Å²) in [4.78, 5) is 0.0210. The third-order valence-corrected chi connectivity index (χ3v) is 4.37. The molecule has 0 bridgehead atoms. The van der Waals surface area contributed by atoms with Gasteiger partial charge in [0.15, 0.2) is 0 Å². The van der Waals surface area contributed by atoms with Crippen molar-refractivity contribution in [1.29, 1.82) is 0 Å². The molecule has 0 aliphatic heterocycles. The monoisotopic (exact) mass is 330 g/mol. The van der Waals surface area contributed by atoms with Crippen molar-refractivity contribution in [2.75, 3.05) is 17.1 Å². The number of benzene rings is 2. The number of halogens is 2. The summed E-state index contributed by atoms with van der Waals surface area (Å²) >= 11 is 11.6. The van der Waals surface area contributed by atoms with Gasteiger partial charge in [-0.2, -0.15) is 0 Å². The Balaban J connectivity index is 2.30. The van der Waals surface area contributed by atoms with Crippen LogP contribution in [0.1, 0.15) is 0 Å². The SMILES string of the molecule is CNc1ccc(NS(=O)(=O)c2cc(Cl)cc(Cl)c2)cc1. The van der Waals surface area contributed by atoms with Crippen molar-refractivity contribution >= 4 is 44.6 Å². The van der Waals surface area contributed by atoms with Crippen LogP contribution in [0.25, 0.3) is 0 Å². The lowest BCUT2D eigenvalue weighted by atomic mass is 10.3. The molecule has 0 aliphatic rings. The smallest absolute Gasteiger partial charge is 0.261 e. The Bertz CT molecular complexity index is 695.